The molecule has 0 atom stereocenters. The summed E-state index contributed by atoms with van der Waals surface area (Å²) in [7, 11) is 0. The summed E-state index contributed by atoms with van der Waals surface area (Å²) in [6.07, 6.45) is 2.45. The van der Waals surface area contributed by atoms with Crippen LogP contribution >= 0.6 is 0 Å². The summed E-state index contributed by atoms with van der Waals surface area (Å²) in [5, 5.41) is 3.62. The Bertz CT molecular complexity index is 326. The van der Waals surface area contributed by atoms with Gasteiger partial charge >= 0.3 is 5.97 Å². The van der Waals surface area contributed by atoms with Crippen molar-refractivity contribution in [3.8, 4) is 0 Å². The number of carbonyl (C=O) groups is 1. The Morgan fingerprint density at radius 2 is 1.65 bits per heavy atom. The van der Waals surface area contributed by atoms with E-state index in [1.807, 2.05) is 20.8 Å². The van der Waals surface area contributed by atoms with E-state index in [-0.39, 0.29) is 23.2 Å². The molecule has 0 amide bonds. The summed E-state index contributed by atoms with van der Waals surface area (Å²) in [5.41, 5.74) is -0.285. The van der Waals surface area contributed by atoms with Crippen LogP contribution in [-0.4, -0.2) is 35.4 Å². The molecule has 0 radical (unpaired) electrons. The predicted molar refractivity (Wildman–Crippen MR) is 80.7 cm³/mol. The van der Waals surface area contributed by atoms with Gasteiger partial charge in [0.15, 0.2) is 0 Å². The molecule has 0 bridgehead atoms. The fourth-order valence-electron chi connectivity index (χ4n) is 3.05. The second kappa shape index (κ2) is 6.02. The zero-order chi connectivity index (χ0) is 15.6. The molecule has 0 spiro atoms. The second-order valence-corrected chi connectivity index (χ2v) is 8.13. The third kappa shape index (κ3) is 6.71. The van der Waals surface area contributed by atoms with E-state index in [0.717, 1.165) is 12.8 Å². The standard InChI is InChI=1S/C16H31NO3/c1-14(2,3)20-13(18)8-9-19-12-10-15(4,5)17-16(6,7)11-12/h12,17H,8-11H2,1-7H3. The van der Waals surface area contributed by atoms with Crippen molar-refractivity contribution in [3.05, 3.63) is 0 Å². The molecular formula is C16H31NO3. The van der Waals surface area contributed by atoms with E-state index in [4.69, 9.17) is 9.47 Å². The highest BCUT2D eigenvalue weighted by atomic mass is 16.6. The summed E-state index contributed by atoms with van der Waals surface area (Å²) in [4.78, 5) is 11.6. The van der Waals surface area contributed by atoms with Gasteiger partial charge in [0, 0.05) is 11.1 Å². The summed E-state index contributed by atoms with van der Waals surface area (Å²) in [6, 6.07) is 0. The average molecular weight is 285 g/mol. The Kier molecular flexibility index (Phi) is 5.25. The summed E-state index contributed by atoms with van der Waals surface area (Å²) in [5.74, 6) is -0.190. The van der Waals surface area contributed by atoms with Gasteiger partial charge in [-0.25, -0.2) is 0 Å². The maximum Gasteiger partial charge on any atom is 0.308 e. The lowest BCUT2D eigenvalue weighted by molar-refractivity contribution is -0.156. The van der Waals surface area contributed by atoms with Crippen LogP contribution in [0.4, 0.5) is 0 Å². The third-order valence-corrected chi connectivity index (χ3v) is 3.23. The van der Waals surface area contributed by atoms with Gasteiger partial charge in [0.25, 0.3) is 0 Å². The van der Waals surface area contributed by atoms with Crippen molar-refractivity contribution in [1.29, 1.82) is 0 Å². The van der Waals surface area contributed by atoms with Crippen molar-refractivity contribution in [1.82, 2.24) is 5.32 Å². The van der Waals surface area contributed by atoms with Crippen LogP contribution in [0.15, 0.2) is 0 Å². The van der Waals surface area contributed by atoms with E-state index in [1.54, 1.807) is 0 Å². The smallest absolute Gasteiger partial charge is 0.308 e. The molecule has 118 valence electrons. The van der Waals surface area contributed by atoms with Gasteiger partial charge < -0.3 is 14.8 Å². The van der Waals surface area contributed by atoms with Crippen LogP contribution in [0.3, 0.4) is 0 Å². The summed E-state index contributed by atoms with van der Waals surface area (Å²) >= 11 is 0. The average Bonchev–Trinajstić information content (AvgIpc) is 2.08. The molecule has 1 aliphatic heterocycles. The Morgan fingerprint density at radius 1 is 1.15 bits per heavy atom. The highest BCUT2D eigenvalue weighted by Gasteiger charge is 2.38. The van der Waals surface area contributed by atoms with Gasteiger partial charge in [-0.15, -0.1) is 0 Å². The quantitative estimate of drug-likeness (QED) is 0.807. The molecular weight excluding hydrogens is 254 g/mol. The first-order chi connectivity index (χ1) is 8.89. The number of piperidine rings is 1. The topological polar surface area (TPSA) is 47.6 Å². The van der Waals surface area contributed by atoms with Crippen LogP contribution in [0, 0.1) is 0 Å². The van der Waals surface area contributed by atoms with Gasteiger partial charge in [-0.2, -0.15) is 0 Å². The van der Waals surface area contributed by atoms with Gasteiger partial charge in [-0.1, -0.05) is 0 Å². The Morgan fingerprint density at radius 3 is 2.10 bits per heavy atom. The lowest BCUT2D eigenvalue weighted by atomic mass is 9.81. The zero-order valence-corrected chi connectivity index (χ0v) is 14.1. The Balaban J connectivity index is 2.37. The number of hydrogen-bond donors (Lipinski definition) is 1. The number of hydrogen-bond acceptors (Lipinski definition) is 4. The minimum absolute atomic E-state index is 0.0678. The highest BCUT2D eigenvalue weighted by molar-refractivity contribution is 5.69. The van der Waals surface area contributed by atoms with Gasteiger partial charge in [0.2, 0.25) is 0 Å². The van der Waals surface area contributed by atoms with E-state index >= 15 is 0 Å². The lowest BCUT2D eigenvalue weighted by Crippen LogP contribution is -2.59. The Labute approximate surface area is 123 Å². The molecule has 0 aromatic heterocycles. The molecule has 0 aliphatic carbocycles. The molecule has 1 N–H and O–H groups in total. The number of ether oxygens (including phenoxy) is 2. The van der Waals surface area contributed by atoms with E-state index < -0.39 is 5.60 Å². The van der Waals surface area contributed by atoms with Crippen molar-refractivity contribution in [2.24, 2.45) is 0 Å². The molecule has 0 aromatic rings. The van der Waals surface area contributed by atoms with Crippen LogP contribution < -0.4 is 5.32 Å². The number of nitrogens with one attached hydrogen (secondary N) is 1. The lowest BCUT2D eigenvalue weighted by Gasteiger charge is -2.46. The monoisotopic (exact) mass is 285 g/mol. The second-order valence-electron chi connectivity index (χ2n) is 8.13. The van der Waals surface area contributed by atoms with Gasteiger partial charge in [0.1, 0.15) is 5.60 Å². The maximum atomic E-state index is 11.6. The fourth-order valence-corrected chi connectivity index (χ4v) is 3.05. The largest absolute Gasteiger partial charge is 0.460 e. The van der Waals surface area contributed by atoms with Crippen LogP contribution in [-0.2, 0) is 14.3 Å². The van der Waals surface area contributed by atoms with Crippen molar-refractivity contribution in [2.75, 3.05) is 6.61 Å². The molecule has 20 heavy (non-hydrogen) atoms. The van der Waals surface area contributed by atoms with Crippen molar-refractivity contribution in [2.45, 2.75) is 90.5 Å². The van der Waals surface area contributed by atoms with Crippen molar-refractivity contribution in [3.63, 3.8) is 0 Å². The van der Waals surface area contributed by atoms with E-state index in [1.165, 1.54) is 0 Å². The number of carbonyl (C=O) groups excluding carboxylic acids is 1. The number of esters is 1. The first-order valence-electron chi connectivity index (χ1n) is 7.51. The first-order valence-corrected chi connectivity index (χ1v) is 7.51. The van der Waals surface area contributed by atoms with Crippen LogP contribution in [0.25, 0.3) is 0 Å². The Hall–Kier alpha value is -0.610. The molecule has 1 rings (SSSR count). The molecule has 4 heteroatoms. The molecule has 1 heterocycles. The SMILES string of the molecule is CC1(C)CC(OCCC(=O)OC(C)(C)C)CC(C)(C)N1. The van der Waals surface area contributed by atoms with Crippen LogP contribution in [0.1, 0.15) is 67.7 Å². The van der Waals surface area contributed by atoms with E-state index in [9.17, 15) is 4.79 Å². The molecule has 1 fully saturated rings. The number of rotatable bonds is 4. The minimum Gasteiger partial charge on any atom is -0.460 e. The molecule has 4 nitrogen and oxygen atoms in total. The first kappa shape index (κ1) is 17.4. The van der Waals surface area contributed by atoms with Crippen molar-refractivity contribution >= 4 is 5.97 Å². The maximum absolute atomic E-state index is 11.6. The fraction of sp³-hybridized carbons (Fsp3) is 0.938. The highest BCUT2D eigenvalue weighted by Crippen LogP contribution is 2.30. The van der Waals surface area contributed by atoms with Gasteiger partial charge in [-0.3, -0.25) is 4.79 Å². The summed E-state index contributed by atoms with van der Waals surface area (Å²) in [6.45, 7) is 14.8. The summed E-state index contributed by atoms with van der Waals surface area (Å²) < 4.78 is 11.2. The molecule has 0 aromatic carbocycles. The normalized spacial score (nSPS) is 22.6. The van der Waals surface area contributed by atoms with Gasteiger partial charge in [0.05, 0.1) is 19.1 Å². The molecule has 0 saturated carbocycles. The zero-order valence-electron chi connectivity index (χ0n) is 14.1. The predicted octanol–water partition coefficient (Wildman–Crippen LogP) is 3.04. The van der Waals surface area contributed by atoms with Crippen LogP contribution in [0.5, 0.6) is 0 Å². The van der Waals surface area contributed by atoms with Crippen LogP contribution in [0.2, 0.25) is 0 Å². The van der Waals surface area contributed by atoms with E-state index in [0.29, 0.717) is 13.0 Å². The minimum atomic E-state index is -0.421. The molecule has 1 aliphatic rings. The third-order valence-electron chi connectivity index (χ3n) is 3.23. The van der Waals surface area contributed by atoms with Crippen molar-refractivity contribution < 1.29 is 14.3 Å². The molecule has 1 saturated heterocycles. The van der Waals surface area contributed by atoms with Gasteiger partial charge in [-0.05, 0) is 61.3 Å². The van der Waals surface area contributed by atoms with E-state index in [2.05, 4.69) is 33.0 Å². The molecule has 0 unspecified atom stereocenters.